The molecular formula is C26H20N6O5. The van der Waals surface area contributed by atoms with Gasteiger partial charge in [-0.1, -0.05) is 6.07 Å². The lowest BCUT2D eigenvalue weighted by atomic mass is 10.1. The van der Waals surface area contributed by atoms with E-state index in [1.807, 2.05) is 11.4 Å². The number of pyridine rings is 2. The summed E-state index contributed by atoms with van der Waals surface area (Å²) in [5.74, 6) is 0.715. The topological polar surface area (TPSA) is 150 Å². The zero-order valence-corrected chi connectivity index (χ0v) is 19.6. The summed E-state index contributed by atoms with van der Waals surface area (Å²) in [6.45, 7) is 0.430. The van der Waals surface area contributed by atoms with Gasteiger partial charge in [0.25, 0.3) is 5.91 Å². The molecule has 5 rings (SSSR count). The molecule has 0 fully saturated rings. The van der Waals surface area contributed by atoms with Gasteiger partial charge in [-0.25, -0.2) is 9.78 Å². The van der Waals surface area contributed by atoms with E-state index in [-0.39, 0.29) is 18.9 Å². The fourth-order valence-corrected chi connectivity index (χ4v) is 4.21. The van der Waals surface area contributed by atoms with Crippen LogP contribution in [0.25, 0.3) is 22.4 Å². The van der Waals surface area contributed by atoms with Crippen LogP contribution < -0.4 is 15.4 Å². The molecular weight excluding hydrogens is 476 g/mol. The summed E-state index contributed by atoms with van der Waals surface area (Å²) in [7, 11) is 1.53. The summed E-state index contributed by atoms with van der Waals surface area (Å²) >= 11 is 0. The highest BCUT2D eigenvalue weighted by atomic mass is 16.5. The lowest BCUT2D eigenvalue weighted by molar-refractivity contribution is -0.108. The molecule has 1 aliphatic heterocycles. The van der Waals surface area contributed by atoms with Crippen LogP contribution in [0.1, 0.15) is 33.3 Å². The Morgan fingerprint density at radius 1 is 1.27 bits per heavy atom. The Bertz CT molecular complexity index is 1570. The number of urea groups is 1. The van der Waals surface area contributed by atoms with E-state index in [4.69, 9.17) is 14.4 Å². The Balaban J connectivity index is 1.45. The quantitative estimate of drug-likeness (QED) is 0.371. The lowest BCUT2D eigenvalue weighted by Crippen LogP contribution is -2.42. The van der Waals surface area contributed by atoms with Crippen molar-refractivity contribution in [3.05, 3.63) is 77.3 Å². The molecule has 4 heterocycles. The number of nitrogens with zero attached hydrogens (tertiary/aromatic N) is 4. The predicted molar refractivity (Wildman–Crippen MR) is 130 cm³/mol. The van der Waals surface area contributed by atoms with Gasteiger partial charge in [-0.15, -0.1) is 0 Å². The van der Waals surface area contributed by atoms with Crippen LogP contribution in [0.15, 0.2) is 59.3 Å². The van der Waals surface area contributed by atoms with E-state index in [1.165, 1.54) is 13.3 Å². The van der Waals surface area contributed by atoms with Gasteiger partial charge in [0.1, 0.15) is 29.1 Å². The Morgan fingerprint density at radius 3 is 2.92 bits per heavy atom. The molecule has 1 aromatic carbocycles. The molecule has 0 unspecified atom stereocenters. The lowest BCUT2D eigenvalue weighted by Gasteiger charge is -2.23. The second-order valence-electron chi connectivity index (χ2n) is 8.30. The van der Waals surface area contributed by atoms with Crippen molar-refractivity contribution in [2.75, 3.05) is 13.7 Å². The molecule has 3 aromatic heterocycles. The van der Waals surface area contributed by atoms with Crippen molar-refractivity contribution in [3.63, 3.8) is 0 Å². The number of hydrogen-bond acceptors (Lipinski definition) is 8. The van der Waals surface area contributed by atoms with Crippen LogP contribution in [0.4, 0.5) is 4.79 Å². The van der Waals surface area contributed by atoms with E-state index in [1.54, 1.807) is 47.5 Å². The van der Waals surface area contributed by atoms with Crippen LogP contribution in [0.5, 0.6) is 5.75 Å². The van der Waals surface area contributed by atoms with E-state index in [9.17, 15) is 14.4 Å². The summed E-state index contributed by atoms with van der Waals surface area (Å²) in [6, 6.07) is 12.7. The first-order valence-corrected chi connectivity index (χ1v) is 11.2. The zero-order chi connectivity index (χ0) is 25.9. The largest absolute Gasteiger partial charge is 0.497 e. The molecule has 0 saturated heterocycles. The molecule has 11 nitrogen and oxygen atoms in total. The number of nitriles is 1. The van der Waals surface area contributed by atoms with E-state index >= 15 is 0 Å². The number of imide groups is 1. The number of furan rings is 1. The number of ether oxygens (including phenoxy) is 1. The Kier molecular flexibility index (Phi) is 6.22. The second kappa shape index (κ2) is 9.79. The van der Waals surface area contributed by atoms with Gasteiger partial charge in [0.15, 0.2) is 5.58 Å². The average molecular weight is 496 g/mol. The Morgan fingerprint density at radius 2 is 2.14 bits per heavy atom. The maximum atomic E-state index is 13.1. The molecule has 0 bridgehead atoms. The molecule has 0 saturated carbocycles. The van der Waals surface area contributed by atoms with Gasteiger partial charge in [-0.3, -0.25) is 19.9 Å². The molecule has 4 aromatic rings. The van der Waals surface area contributed by atoms with E-state index in [0.29, 0.717) is 51.5 Å². The fourth-order valence-electron chi connectivity index (χ4n) is 4.21. The van der Waals surface area contributed by atoms with Crippen LogP contribution >= 0.6 is 0 Å². The number of hydrogen-bond donors (Lipinski definition) is 2. The van der Waals surface area contributed by atoms with Gasteiger partial charge in [0.05, 0.1) is 18.4 Å². The van der Waals surface area contributed by atoms with Crippen molar-refractivity contribution in [2.24, 2.45) is 0 Å². The third kappa shape index (κ3) is 4.68. The second-order valence-corrected chi connectivity index (χ2v) is 8.30. The Labute approximate surface area is 210 Å². The first-order valence-electron chi connectivity index (χ1n) is 11.2. The van der Waals surface area contributed by atoms with Crippen LogP contribution in [-0.4, -0.2) is 46.9 Å². The number of methoxy groups -OCH3 is 1. The maximum Gasteiger partial charge on any atom is 0.321 e. The maximum absolute atomic E-state index is 13.1. The third-order valence-electron chi connectivity index (χ3n) is 5.99. The fraction of sp³-hybridized carbons (Fsp3) is 0.154. The number of rotatable bonds is 7. The van der Waals surface area contributed by atoms with Crippen LogP contribution in [0, 0.1) is 11.3 Å². The molecule has 1 atom stereocenters. The summed E-state index contributed by atoms with van der Waals surface area (Å²) < 4.78 is 11.2. The highest BCUT2D eigenvalue weighted by Gasteiger charge is 2.32. The number of carbonyl (C=O) groups is 3. The van der Waals surface area contributed by atoms with Crippen molar-refractivity contribution in [1.82, 2.24) is 25.5 Å². The number of amides is 4. The van der Waals surface area contributed by atoms with E-state index in [0.717, 1.165) is 5.56 Å². The van der Waals surface area contributed by atoms with Crippen LogP contribution in [0.2, 0.25) is 0 Å². The minimum absolute atomic E-state index is 0.0862. The standard InChI is InChI=1S/C26H20N6O5/c1-36-18-3-2-16-12-32(25(34)19(16)7-18)13-22(31-26(35)29-14-33)24-8-21-23(37-24)5-4-20(30-21)17-6-15(9-27)10-28-11-17/h2-8,10-11,14,22H,12-13H2,1H3,(H2,29,31,33,35)/t22-/m0/s1. The van der Waals surface area contributed by atoms with E-state index in [2.05, 4.69) is 21.4 Å². The van der Waals surface area contributed by atoms with Crippen molar-refractivity contribution >= 4 is 29.4 Å². The first kappa shape index (κ1) is 23.5. The van der Waals surface area contributed by atoms with Gasteiger partial charge < -0.3 is 19.4 Å². The highest BCUT2D eigenvalue weighted by Crippen LogP contribution is 2.31. The van der Waals surface area contributed by atoms with Crippen molar-refractivity contribution < 1.29 is 23.5 Å². The van der Waals surface area contributed by atoms with Gasteiger partial charge in [0, 0.05) is 42.7 Å². The minimum atomic E-state index is -0.777. The first-order chi connectivity index (χ1) is 18.0. The molecule has 0 aliphatic carbocycles. The molecule has 4 amide bonds. The van der Waals surface area contributed by atoms with Crippen molar-refractivity contribution in [1.29, 1.82) is 5.26 Å². The third-order valence-corrected chi connectivity index (χ3v) is 5.99. The van der Waals surface area contributed by atoms with Crippen LogP contribution in [0.3, 0.4) is 0 Å². The number of benzene rings is 1. The van der Waals surface area contributed by atoms with Crippen molar-refractivity contribution in [2.45, 2.75) is 12.6 Å². The minimum Gasteiger partial charge on any atom is -0.497 e. The summed E-state index contributed by atoms with van der Waals surface area (Å²) in [4.78, 5) is 46.4. The smallest absolute Gasteiger partial charge is 0.321 e. The number of fused-ring (bicyclic) bond motifs is 2. The number of carbonyl (C=O) groups excluding carboxylic acids is 3. The molecule has 1 aliphatic rings. The van der Waals surface area contributed by atoms with Crippen LogP contribution in [-0.2, 0) is 11.3 Å². The van der Waals surface area contributed by atoms with Gasteiger partial charge in [0.2, 0.25) is 6.41 Å². The van der Waals surface area contributed by atoms with Gasteiger partial charge in [-0.2, -0.15) is 5.26 Å². The average Bonchev–Trinajstić information content (AvgIpc) is 3.48. The molecule has 11 heteroatoms. The van der Waals surface area contributed by atoms with Crippen molar-refractivity contribution in [3.8, 4) is 23.1 Å². The molecule has 0 spiro atoms. The SMILES string of the molecule is COc1ccc2c(c1)C(=O)N(C[C@H](NC(=O)NC=O)c1cc3nc(-c4cncc(C#N)c4)ccc3o1)C2. The summed E-state index contributed by atoms with van der Waals surface area (Å²) in [5, 5.41) is 13.9. The number of aromatic nitrogens is 2. The van der Waals surface area contributed by atoms with Gasteiger partial charge in [-0.05, 0) is 35.9 Å². The van der Waals surface area contributed by atoms with Gasteiger partial charge >= 0.3 is 6.03 Å². The number of nitrogens with one attached hydrogen (secondary N) is 2. The normalized spacial score (nSPS) is 13.1. The zero-order valence-electron chi connectivity index (χ0n) is 19.6. The monoisotopic (exact) mass is 496 g/mol. The summed E-state index contributed by atoms with van der Waals surface area (Å²) in [5.41, 5.74) is 4.01. The predicted octanol–water partition coefficient (Wildman–Crippen LogP) is 2.92. The Hall–Kier alpha value is -5.24. The summed E-state index contributed by atoms with van der Waals surface area (Å²) in [6.07, 6.45) is 3.34. The molecule has 0 radical (unpaired) electrons. The molecule has 184 valence electrons. The molecule has 2 N–H and O–H groups in total. The highest BCUT2D eigenvalue weighted by molar-refractivity contribution is 5.98. The van der Waals surface area contributed by atoms with E-state index < -0.39 is 12.1 Å². The molecule has 37 heavy (non-hydrogen) atoms.